The second-order valence-corrected chi connectivity index (χ2v) is 5.54. The third-order valence-electron chi connectivity index (χ3n) is 3.13. The van der Waals surface area contributed by atoms with E-state index in [-0.39, 0.29) is 6.04 Å². The average molecular weight is 334 g/mol. The Morgan fingerprint density at radius 1 is 1.25 bits per heavy atom. The Morgan fingerprint density at radius 3 is 2.45 bits per heavy atom. The van der Waals surface area contributed by atoms with Crippen LogP contribution in [0.15, 0.2) is 24.4 Å². The summed E-state index contributed by atoms with van der Waals surface area (Å²) < 4.78 is 1.80. The molecule has 1 unspecified atom stereocenters. The summed E-state index contributed by atoms with van der Waals surface area (Å²) in [6, 6.07) is 5.19. The van der Waals surface area contributed by atoms with Crippen molar-refractivity contribution in [1.82, 2.24) is 15.2 Å². The molecule has 0 spiro atoms. The van der Waals surface area contributed by atoms with E-state index in [1.165, 1.54) is 0 Å². The van der Waals surface area contributed by atoms with Gasteiger partial charge in [-0.25, -0.2) is 0 Å². The molecule has 0 amide bonds. The van der Waals surface area contributed by atoms with Gasteiger partial charge in [0, 0.05) is 16.6 Å². The molecule has 108 valence electrons. The lowest BCUT2D eigenvalue weighted by molar-refractivity contribution is 0.491. The van der Waals surface area contributed by atoms with Gasteiger partial charge in [-0.15, -0.1) is 0 Å². The van der Waals surface area contributed by atoms with Gasteiger partial charge in [-0.1, -0.05) is 40.9 Å². The molecular formula is C13H15Cl3N4. The van der Waals surface area contributed by atoms with Crippen molar-refractivity contribution >= 4 is 34.8 Å². The van der Waals surface area contributed by atoms with E-state index in [0.717, 1.165) is 11.3 Å². The van der Waals surface area contributed by atoms with Gasteiger partial charge in [0.25, 0.3) is 0 Å². The zero-order valence-electron chi connectivity index (χ0n) is 10.9. The fraction of sp³-hybridized carbons (Fsp3) is 0.308. The highest BCUT2D eigenvalue weighted by Crippen LogP contribution is 2.31. The van der Waals surface area contributed by atoms with E-state index in [9.17, 15) is 0 Å². The van der Waals surface area contributed by atoms with E-state index in [1.807, 2.05) is 13.0 Å². The summed E-state index contributed by atoms with van der Waals surface area (Å²) in [5.41, 5.74) is 4.42. The van der Waals surface area contributed by atoms with Crippen LogP contribution < -0.4 is 11.3 Å². The summed E-state index contributed by atoms with van der Waals surface area (Å²) in [6.07, 6.45) is 2.14. The number of nitrogens with two attached hydrogens (primary N) is 1. The second kappa shape index (κ2) is 6.78. The SMILES string of the molecule is CCn1ncc(Cl)c1C(Cc1c(Cl)cccc1Cl)NN. The molecule has 0 aliphatic heterocycles. The smallest absolute Gasteiger partial charge is 0.0834 e. The second-order valence-electron chi connectivity index (χ2n) is 4.32. The molecule has 0 saturated heterocycles. The average Bonchev–Trinajstić information content (AvgIpc) is 2.80. The van der Waals surface area contributed by atoms with Gasteiger partial charge in [0.15, 0.2) is 0 Å². The summed E-state index contributed by atoms with van der Waals surface area (Å²) >= 11 is 18.6. The minimum absolute atomic E-state index is 0.220. The lowest BCUT2D eigenvalue weighted by Crippen LogP contribution is -2.31. The van der Waals surface area contributed by atoms with E-state index < -0.39 is 0 Å². The fourth-order valence-corrected chi connectivity index (χ4v) is 2.96. The number of hydrogen-bond donors (Lipinski definition) is 2. The first-order valence-electron chi connectivity index (χ1n) is 6.18. The normalized spacial score (nSPS) is 12.7. The van der Waals surface area contributed by atoms with Gasteiger partial charge in [-0.2, -0.15) is 5.10 Å². The zero-order valence-corrected chi connectivity index (χ0v) is 13.2. The van der Waals surface area contributed by atoms with Crippen molar-refractivity contribution in [2.45, 2.75) is 25.9 Å². The molecule has 1 aromatic heterocycles. The van der Waals surface area contributed by atoms with E-state index in [2.05, 4.69) is 10.5 Å². The van der Waals surface area contributed by atoms with E-state index >= 15 is 0 Å². The topological polar surface area (TPSA) is 55.9 Å². The minimum Gasteiger partial charge on any atom is -0.271 e. The van der Waals surface area contributed by atoms with Crippen molar-refractivity contribution in [3.8, 4) is 0 Å². The highest BCUT2D eigenvalue weighted by molar-refractivity contribution is 6.36. The summed E-state index contributed by atoms with van der Waals surface area (Å²) in [5.74, 6) is 5.67. The Morgan fingerprint density at radius 2 is 1.90 bits per heavy atom. The van der Waals surface area contributed by atoms with Crippen LogP contribution in [0.1, 0.15) is 24.2 Å². The molecule has 0 aliphatic carbocycles. The van der Waals surface area contributed by atoms with Gasteiger partial charge < -0.3 is 0 Å². The van der Waals surface area contributed by atoms with E-state index in [4.69, 9.17) is 40.6 Å². The number of aryl methyl sites for hydroxylation is 1. The molecule has 2 aromatic rings. The molecule has 4 nitrogen and oxygen atoms in total. The Kier molecular flexibility index (Phi) is 5.29. The van der Waals surface area contributed by atoms with Gasteiger partial charge in [0.05, 0.1) is 23.0 Å². The number of nitrogens with zero attached hydrogens (tertiary/aromatic N) is 2. The summed E-state index contributed by atoms with van der Waals surface area (Å²) in [6.45, 7) is 2.69. The van der Waals surface area contributed by atoms with Crippen LogP contribution in [0.3, 0.4) is 0 Å². The van der Waals surface area contributed by atoms with Gasteiger partial charge in [0.2, 0.25) is 0 Å². The van der Waals surface area contributed by atoms with Gasteiger partial charge in [-0.05, 0) is 31.0 Å². The number of hydrogen-bond acceptors (Lipinski definition) is 3. The molecule has 20 heavy (non-hydrogen) atoms. The maximum atomic E-state index is 6.20. The Bertz CT molecular complexity index is 577. The molecule has 7 heteroatoms. The molecule has 0 radical (unpaired) electrons. The van der Waals surface area contributed by atoms with Crippen molar-refractivity contribution in [3.63, 3.8) is 0 Å². The van der Waals surface area contributed by atoms with E-state index in [1.54, 1.807) is 23.0 Å². The van der Waals surface area contributed by atoms with Crippen LogP contribution >= 0.6 is 34.8 Å². The van der Waals surface area contributed by atoms with Crippen LogP contribution in [0.5, 0.6) is 0 Å². The summed E-state index contributed by atoms with van der Waals surface area (Å²) in [5, 5.41) is 6.00. The van der Waals surface area contributed by atoms with Crippen molar-refractivity contribution in [2.75, 3.05) is 0 Å². The van der Waals surface area contributed by atoms with Crippen LogP contribution in [0.4, 0.5) is 0 Å². The van der Waals surface area contributed by atoms with Gasteiger partial charge in [0.1, 0.15) is 0 Å². The number of aromatic nitrogens is 2. The van der Waals surface area contributed by atoms with Crippen molar-refractivity contribution in [2.24, 2.45) is 5.84 Å². The number of halogens is 3. The number of nitrogens with one attached hydrogen (secondary N) is 1. The largest absolute Gasteiger partial charge is 0.271 e. The number of rotatable bonds is 5. The molecule has 0 aliphatic rings. The highest BCUT2D eigenvalue weighted by Gasteiger charge is 2.21. The van der Waals surface area contributed by atoms with Crippen molar-refractivity contribution < 1.29 is 0 Å². The van der Waals surface area contributed by atoms with Crippen LogP contribution in [-0.2, 0) is 13.0 Å². The summed E-state index contributed by atoms with van der Waals surface area (Å²) in [7, 11) is 0. The standard InChI is InChI=1S/C13H15Cl3N4/c1-2-20-13(11(16)7-18-20)12(19-17)6-8-9(14)4-3-5-10(8)15/h3-5,7,12,19H,2,6,17H2,1H3. The number of benzene rings is 1. The summed E-state index contributed by atoms with van der Waals surface area (Å²) in [4.78, 5) is 0. The highest BCUT2D eigenvalue weighted by atomic mass is 35.5. The van der Waals surface area contributed by atoms with Crippen molar-refractivity contribution in [1.29, 1.82) is 0 Å². The van der Waals surface area contributed by atoms with Crippen LogP contribution in [0.2, 0.25) is 15.1 Å². The molecule has 1 atom stereocenters. The quantitative estimate of drug-likeness (QED) is 0.649. The molecule has 0 bridgehead atoms. The van der Waals surface area contributed by atoms with Gasteiger partial charge in [-0.3, -0.25) is 16.0 Å². The predicted molar refractivity (Wildman–Crippen MR) is 83.1 cm³/mol. The zero-order chi connectivity index (χ0) is 14.7. The molecule has 0 saturated carbocycles. The Hall–Kier alpha value is -0.780. The molecule has 2 rings (SSSR count). The first-order valence-corrected chi connectivity index (χ1v) is 7.32. The lowest BCUT2D eigenvalue weighted by Gasteiger charge is -2.19. The van der Waals surface area contributed by atoms with Crippen LogP contribution in [-0.4, -0.2) is 9.78 Å². The molecule has 1 heterocycles. The molecular weight excluding hydrogens is 319 g/mol. The predicted octanol–water partition coefficient (Wildman–Crippen LogP) is 3.61. The molecule has 3 N–H and O–H groups in total. The van der Waals surface area contributed by atoms with Gasteiger partial charge >= 0.3 is 0 Å². The molecule has 0 fully saturated rings. The first-order chi connectivity index (χ1) is 9.58. The lowest BCUT2D eigenvalue weighted by atomic mass is 10.0. The van der Waals surface area contributed by atoms with Crippen LogP contribution in [0.25, 0.3) is 0 Å². The monoisotopic (exact) mass is 332 g/mol. The minimum atomic E-state index is -0.220. The third kappa shape index (κ3) is 3.10. The van der Waals surface area contributed by atoms with Crippen molar-refractivity contribution in [3.05, 3.63) is 50.7 Å². The Balaban J connectivity index is 2.36. The fourth-order valence-electron chi connectivity index (χ4n) is 2.14. The first kappa shape index (κ1) is 15.6. The number of hydrazine groups is 1. The Labute approximate surface area is 132 Å². The third-order valence-corrected chi connectivity index (χ3v) is 4.13. The maximum Gasteiger partial charge on any atom is 0.0834 e. The van der Waals surface area contributed by atoms with Crippen LogP contribution in [0, 0.1) is 0 Å². The van der Waals surface area contributed by atoms with E-state index in [0.29, 0.717) is 28.0 Å². The molecule has 1 aromatic carbocycles. The maximum absolute atomic E-state index is 6.20.